The molecule has 104 valence electrons. The van der Waals surface area contributed by atoms with Crippen molar-refractivity contribution >= 4 is 17.6 Å². The summed E-state index contributed by atoms with van der Waals surface area (Å²) in [5, 5.41) is 20.9. The van der Waals surface area contributed by atoms with Crippen molar-refractivity contribution in [1.29, 1.82) is 0 Å². The van der Waals surface area contributed by atoms with E-state index in [0.717, 1.165) is 18.2 Å². The lowest BCUT2D eigenvalue weighted by atomic mass is 10.1. The third-order valence-corrected chi connectivity index (χ3v) is 2.74. The summed E-state index contributed by atoms with van der Waals surface area (Å²) >= 11 is 0. The Labute approximate surface area is 112 Å². The van der Waals surface area contributed by atoms with E-state index in [0.29, 0.717) is 5.69 Å². The molecule has 1 heterocycles. The first-order chi connectivity index (χ1) is 9.40. The minimum atomic E-state index is -1.21. The molecule has 0 aliphatic rings. The van der Waals surface area contributed by atoms with Crippen molar-refractivity contribution in [1.82, 2.24) is 4.98 Å². The van der Waals surface area contributed by atoms with E-state index in [1.165, 1.54) is 6.20 Å². The molecule has 0 spiro atoms. The summed E-state index contributed by atoms with van der Waals surface area (Å²) in [6.07, 6.45) is 1.31. The van der Waals surface area contributed by atoms with Crippen LogP contribution < -0.4 is 5.32 Å². The largest absolute Gasteiger partial charge is 0.507 e. The average Bonchev–Trinajstić information content (AvgIpc) is 2.73. The number of aromatic nitrogens is 1. The molecule has 0 unspecified atom stereocenters. The number of amides is 1. The van der Waals surface area contributed by atoms with E-state index in [4.69, 9.17) is 5.11 Å². The number of anilines is 1. The fourth-order valence-electron chi connectivity index (χ4n) is 1.78. The predicted molar refractivity (Wildman–Crippen MR) is 68.5 cm³/mol. The van der Waals surface area contributed by atoms with E-state index in [9.17, 15) is 19.1 Å². The molecule has 0 fully saturated rings. The van der Waals surface area contributed by atoms with E-state index in [1.54, 1.807) is 6.92 Å². The molecule has 0 aliphatic carbocycles. The van der Waals surface area contributed by atoms with E-state index < -0.39 is 23.4 Å². The highest BCUT2D eigenvalue weighted by Gasteiger charge is 2.19. The molecule has 20 heavy (non-hydrogen) atoms. The van der Waals surface area contributed by atoms with Gasteiger partial charge < -0.3 is 20.5 Å². The number of nitrogens with one attached hydrogen (secondary N) is 2. The van der Waals surface area contributed by atoms with Gasteiger partial charge in [0.25, 0.3) is 5.91 Å². The minimum Gasteiger partial charge on any atom is -0.507 e. The second-order valence-corrected chi connectivity index (χ2v) is 4.12. The average molecular weight is 278 g/mol. The van der Waals surface area contributed by atoms with Gasteiger partial charge >= 0.3 is 5.97 Å². The summed E-state index contributed by atoms with van der Waals surface area (Å²) in [5.41, 5.74) is 0.0503. The highest BCUT2D eigenvalue weighted by Crippen LogP contribution is 2.23. The van der Waals surface area contributed by atoms with Crippen LogP contribution in [-0.4, -0.2) is 27.1 Å². The zero-order chi connectivity index (χ0) is 14.9. The standard InChI is InChI=1S/C13H11FN2O4/c1-6-11(13(19)20)9(5-15-6)16-12(18)8-4-7(14)2-3-10(8)17/h2-5,15,17H,1H3,(H,16,18)(H,19,20). The fourth-order valence-corrected chi connectivity index (χ4v) is 1.78. The van der Waals surface area contributed by atoms with E-state index in [2.05, 4.69) is 10.3 Å². The number of phenols is 1. The van der Waals surface area contributed by atoms with Crippen molar-refractivity contribution in [3.05, 3.63) is 47.0 Å². The van der Waals surface area contributed by atoms with Crippen LogP contribution in [0.2, 0.25) is 0 Å². The van der Waals surface area contributed by atoms with Crippen LogP contribution in [0, 0.1) is 12.7 Å². The van der Waals surface area contributed by atoms with Gasteiger partial charge in [0.1, 0.15) is 17.1 Å². The van der Waals surface area contributed by atoms with E-state index in [1.807, 2.05) is 0 Å². The molecule has 0 radical (unpaired) electrons. The number of rotatable bonds is 3. The van der Waals surface area contributed by atoms with Crippen LogP contribution in [0.5, 0.6) is 5.75 Å². The first-order valence-corrected chi connectivity index (χ1v) is 5.61. The summed E-state index contributed by atoms with van der Waals surface area (Å²) < 4.78 is 13.1. The number of aryl methyl sites for hydroxylation is 1. The van der Waals surface area contributed by atoms with Crippen LogP contribution in [0.4, 0.5) is 10.1 Å². The maximum atomic E-state index is 13.1. The van der Waals surface area contributed by atoms with Gasteiger partial charge in [0.05, 0.1) is 11.3 Å². The molecule has 1 amide bonds. The van der Waals surface area contributed by atoms with Crippen molar-refractivity contribution in [2.24, 2.45) is 0 Å². The van der Waals surface area contributed by atoms with Crippen molar-refractivity contribution in [3.63, 3.8) is 0 Å². The van der Waals surface area contributed by atoms with Gasteiger partial charge in [-0.05, 0) is 25.1 Å². The van der Waals surface area contributed by atoms with Gasteiger partial charge in [-0.3, -0.25) is 4.79 Å². The van der Waals surface area contributed by atoms with Gasteiger partial charge in [-0.2, -0.15) is 0 Å². The molecule has 2 aromatic rings. The molecule has 1 aromatic heterocycles. The number of carbonyl (C=O) groups is 2. The number of hydrogen-bond donors (Lipinski definition) is 4. The Morgan fingerprint density at radius 2 is 2.05 bits per heavy atom. The number of aromatic hydroxyl groups is 1. The molecule has 4 N–H and O–H groups in total. The van der Waals surface area contributed by atoms with Crippen LogP contribution in [0.15, 0.2) is 24.4 Å². The molecule has 7 heteroatoms. The Bertz CT molecular complexity index is 694. The predicted octanol–water partition coefficient (Wildman–Crippen LogP) is 2.12. The smallest absolute Gasteiger partial charge is 0.339 e. The molecular formula is C13H11FN2O4. The van der Waals surface area contributed by atoms with Crippen molar-refractivity contribution in [2.45, 2.75) is 6.92 Å². The number of H-pyrrole nitrogens is 1. The van der Waals surface area contributed by atoms with Crippen molar-refractivity contribution < 1.29 is 24.2 Å². The number of hydrogen-bond acceptors (Lipinski definition) is 3. The Kier molecular flexibility index (Phi) is 3.43. The third-order valence-electron chi connectivity index (χ3n) is 2.74. The Morgan fingerprint density at radius 1 is 1.35 bits per heavy atom. The monoisotopic (exact) mass is 278 g/mol. The maximum Gasteiger partial charge on any atom is 0.339 e. The quantitative estimate of drug-likeness (QED) is 0.690. The number of aromatic amines is 1. The molecule has 2 rings (SSSR count). The molecule has 0 saturated heterocycles. The number of phenolic OH excluding ortho intramolecular Hbond substituents is 1. The van der Waals surface area contributed by atoms with Gasteiger partial charge in [-0.15, -0.1) is 0 Å². The number of carboxylic acids is 1. The van der Waals surface area contributed by atoms with Gasteiger partial charge in [0, 0.05) is 11.9 Å². The lowest BCUT2D eigenvalue weighted by Gasteiger charge is -2.06. The van der Waals surface area contributed by atoms with E-state index in [-0.39, 0.29) is 16.8 Å². The van der Waals surface area contributed by atoms with Crippen LogP contribution in [0.1, 0.15) is 26.4 Å². The van der Waals surface area contributed by atoms with Gasteiger partial charge in [-0.25, -0.2) is 9.18 Å². The molecule has 0 aliphatic heterocycles. The summed E-state index contributed by atoms with van der Waals surface area (Å²) in [6, 6.07) is 2.92. The van der Waals surface area contributed by atoms with Crippen LogP contribution in [0.25, 0.3) is 0 Å². The normalized spacial score (nSPS) is 10.3. The van der Waals surface area contributed by atoms with Crippen molar-refractivity contribution in [3.8, 4) is 5.75 Å². The second kappa shape index (κ2) is 5.04. The number of carboxylic acid groups (broad SMARTS) is 1. The van der Waals surface area contributed by atoms with Gasteiger partial charge in [-0.1, -0.05) is 0 Å². The van der Waals surface area contributed by atoms with E-state index >= 15 is 0 Å². The number of benzene rings is 1. The lowest BCUT2D eigenvalue weighted by molar-refractivity contribution is 0.0697. The van der Waals surface area contributed by atoms with Crippen molar-refractivity contribution in [2.75, 3.05) is 5.32 Å². The highest BCUT2D eigenvalue weighted by atomic mass is 19.1. The zero-order valence-corrected chi connectivity index (χ0v) is 10.4. The van der Waals surface area contributed by atoms with Crippen LogP contribution in [0.3, 0.4) is 0 Å². The molecule has 1 aromatic carbocycles. The Hall–Kier alpha value is -2.83. The summed E-state index contributed by atoms with van der Waals surface area (Å²) in [6.45, 7) is 1.54. The lowest BCUT2D eigenvalue weighted by Crippen LogP contribution is -2.14. The number of carbonyl (C=O) groups excluding carboxylic acids is 1. The molecule has 0 saturated carbocycles. The SMILES string of the molecule is Cc1[nH]cc(NC(=O)c2cc(F)ccc2O)c1C(=O)O. The summed E-state index contributed by atoms with van der Waals surface area (Å²) in [5.74, 6) is -3.09. The van der Waals surface area contributed by atoms with Gasteiger partial charge in [0.2, 0.25) is 0 Å². The molecule has 6 nitrogen and oxygen atoms in total. The minimum absolute atomic E-state index is 0.0451. The second-order valence-electron chi connectivity index (χ2n) is 4.12. The number of halogens is 1. The molecule has 0 atom stereocenters. The Balaban J connectivity index is 2.33. The van der Waals surface area contributed by atoms with Crippen LogP contribution in [-0.2, 0) is 0 Å². The van der Waals surface area contributed by atoms with Gasteiger partial charge in [0.15, 0.2) is 0 Å². The topological polar surface area (TPSA) is 102 Å². The third kappa shape index (κ3) is 2.46. The first-order valence-electron chi connectivity index (χ1n) is 5.61. The summed E-state index contributed by atoms with van der Waals surface area (Å²) in [7, 11) is 0. The highest BCUT2D eigenvalue weighted by molar-refractivity contribution is 6.09. The number of aromatic carboxylic acids is 1. The molecular weight excluding hydrogens is 267 g/mol. The van der Waals surface area contributed by atoms with Crippen LogP contribution >= 0.6 is 0 Å². The summed E-state index contributed by atoms with van der Waals surface area (Å²) in [4.78, 5) is 25.7. The molecule has 0 bridgehead atoms. The fraction of sp³-hybridized carbons (Fsp3) is 0.0769. The maximum absolute atomic E-state index is 13.1. The first kappa shape index (κ1) is 13.6. The Morgan fingerprint density at radius 3 is 2.70 bits per heavy atom. The zero-order valence-electron chi connectivity index (χ0n) is 10.4.